The largest absolute Gasteiger partial charge is 0.357 e. The van der Waals surface area contributed by atoms with Crippen LogP contribution in [0.2, 0.25) is 0 Å². The van der Waals surface area contributed by atoms with Gasteiger partial charge in [-0.25, -0.2) is 0 Å². The highest BCUT2D eigenvalue weighted by molar-refractivity contribution is 8.23. The van der Waals surface area contributed by atoms with Gasteiger partial charge >= 0.3 is 0 Å². The SMILES string of the molecule is S=C(SCC=C(Cl)Cl)N1CC2CCC(CC2)C1. The van der Waals surface area contributed by atoms with Crippen molar-refractivity contribution in [3.8, 4) is 0 Å². The summed E-state index contributed by atoms with van der Waals surface area (Å²) in [4.78, 5) is 2.39. The Morgan fingerprint density at radius 3 is 2.18 bits per heavy atom. The Hall–Kier alpha value is 0.560. The molecule has 0 unspecified atom stereocenters. The fraction of sp³-hybridized carbons (Fsp3) is 0.750. The van der Waals surface area contributed by atoms with Crippen LogP contribution in [0, 0.1) is 11.8 Å². The van der Waals surface area contributed by atoms with Gasteiger partial charge in [0.05, 0.1) is 0 Å². The van der Waals surface area contributed by atoms with Gasteiger partial charge in [0.2, 0.25) is 0 Å². The maximum absolute atomic E-state index is 5.59. The summed E-state index contributed by atoms with van der Waals surface area (Å²) < 4.78 is 1.34. The van der Waals surface area contributed by atoms with E-state index in [1.807, 2.05) is 0 Å². The molecule has 1 aliphatic carbocycles. The molecule has 3 aliphatic rings. The zero-order valence-electron chi connectivity index (χ0n) is 9.70. The summed E-state index contributed by atoms with van der Waals surface area (Å²) in [6, 6.07) is 0. The van der Waals surface area contributed by atoms with Crippen LogP contribution in [0.25, 0.3) is 0 Å². The molecule has 0 aromatic carbocycles. The Morgan fingerprint density at radius 1 is 1.18 bits per heavy atom. The van der Waals surface area contributed by atoms with Crippen molar-refractivity contribution in [2.24, 2.45) is 11.8 Å². The lowest BCUT2D eigenvalue weighted by molar-refractivity contribution is 0.326. The number of halogens is 2. The molecule has 0 amide bonds. The molecule has 0 radical (unpaired) electrons. The van der Waals surface area contributed by atoms with Crippen LogP contribution >= 0.6 is 47.2 Å². The van der Waals surface area contributed by atoms with E-state index in [0.29, 0.717) is 4.49 Å². The van der Waals surface area contributed by atoms with Crippen LogP contribution in [0.4, 0.5) is 0 Å². The first-order valence-electron chi connectivity index (χ1n) is 6.08. The number of hydrogen-bond donors (Lipinski definition) is 0. The second kappa shape index (κ2) is 6.65. The molecule has 1 nitrogen and oxygen atoms in total. The average molecular weight is 310 g/mol. The molecule has 2 saturated heterocycles. The third-order valence-corrected chi connectivity index (χ3v) is 5.38. The predicted octanol–water partition coefficient (Wildman–Crippen LogP) is 4.45. The first kappa shape index (κ1) is 14.0. The van der Waals surface area contributed by atoms with Gasteiger partial charge in [0.15, 0.2) is 0 Å². The first-order chi connectivity index (χ1) is 8.15. The number of fused-ring (bicyclic) bond motifs is 4. The van der Waals surface area contributed by atoms with Crippen LogP contribution in [0.5, 0.6) is 0 Å². The summed E-state index contributed by atoms with van der Waals surface area (Å²) in [7, 11) is 0. The molecule has 5 heteroatoms. The monoisotopic (exact) mass is 309 g/mol. The van der Waals surface area contributed by atoms with Gasteiger partial charge < -0.3 is 4.90 Å². The molecule has 0 atom stereocenters. The number of rotatable bonds is 2. The number of thioether (sulfide) groups is 1. The predicted molar refractivity (Wildman–Crippen MR) is 81.9 cm³/mol. The van der Waals surface area contributed by atoms with Crippen LogP contribution < -0.4 is 0 Å². The molecule has 1 saturated carbocycles. The summed E-state index contributed by atoms with van der Waals surface area (Å²) >= 11 is 18.3. The number of hydrogen-bond acceptors (Lipinski definition) is 2. The molecule has 3 fully saturated rings. The quantitative estimate of drug-likeness (QED) is 0.694. The van der Waals surface area contributed by atoms with Gasteiger partial charge in [0.25, 0.3) is 0 Å². The van der Waals surface area contributed by atoms with Gasteiger partial charge in [0.1, 0.15) is 8.81 Å². The van der Waals surface area contributed by atoms with Crippen molar-refractivity contribution in [3.05, 3.63) is 10.6 Å². The van der Waals surface area contributed by atoms with Gasteiger partial charge in [-0.3, -0.25) is 0 Å². The smallest absolute Gasteiger partial charge is 0.136 e. The van der Waals surface area contributed by atoms with Gasteiger partial charge in [0, 0.05) is 18.8 Å². The summed E-state index contributed by atoms with van der Waals surface area (Å²) in [6.07, 6.45) is 7.36. The minimum atomic E-state index is 0.330. The minimum Gasteiger partial charge on any atom is -0.357 e. The van der Waals surface area contributed by atoms with Gasteiger partial charge in [-0.15, -0.1) is 0 Å². The molecule has 0 N–H and O–H groups in total. The highest BCUT2D eigenvalue weighted by Crippen LogP contribution is 2.34. The Labute approximate surface area is 123 Å². The molecule has 3 rings (SSSR count). The van der Waals surface area contributed by atoms with Crippen LogP contribution in [-0.4, -0.2) is 28.1 Å². The molecular formula is C12H17Cl2NS2. The summed E-state index contributed by atoms with van der Waals surface area (Å²) in [6.45, 7) is 2.31. The third-order valence-electron chi connectivity index (χ3n) is 3.63. The Bertz CT molecular complexity index is 294. The highest BCUT2D eigenvalue weighted by Gasteiger charge is 2.30. The summed E-state index contributed by atoms with van der Waals surface area (Å²) in [5, 5.41) is 0. The second-order valence-electron chi connectivity index (χ2n) is 4.86. The van der Waals surface area contributed by atoms with E-state index in [2.05, 4.69) is 4.90 Å². The van der Waals surface area contributed by atoms with E-state index >= 15 is 0 Å². The molecule has 2 heterocycles. The van der Waals surface area contributed by atoms with E-state index in [0.717, 1.165) is 35.0 Å². The van der Waals surface area contributed by atoms with Crippen molar-refractivity contribution < 1.29 is 0 Å². The van der Waals surface area contributed by atoms with E-state index < -0.39 is 0 Å². The van der Waals surface area contributed by atoms with E-state index in [1.165, 1.54) is 25.7 Å². The van der Waals surface area contributed by atoms with E-state index in [1.54, 1.807) is 17.8 Å². The van der Waals surface area contributed by atoms with Crippen molar-refractivity contribution in [3.63, 3.8) is 0 Å². The van der Waals surface area contributed by atoms with Crippen LogP contribution in [0.1, 0.15) is 25.7 Å². The molecule has 0 aromatic rings. The van der Waals surface area contributed by atoms with E-state index in [-0.39, 0.29) is 0 Å². The zero-order valence-corrected chi connectivity index (χ0v) is 12.8. The van der Waals surface area contributed by atoms with Crippen molar-refractivity contribution >= 4 is 51.5 Å². The maximum atomic E-state index is 5.59. The zero-order chi connectivity index (χ0) is 12.3. The lowest BCUT2D eigenvalue weighted by Crippen LogP contribution is -2.31. The van der Waals surface area contributed by atoms with Crippen LogP contribution in [0.15, 0.2) is 10.6 Å². The van der Waals surface area contributed by atoms with E-state index in [4.69, 9.17) is 35.4 Å². The van der Waals surface area contributed by atoms with Crippen molar-refractivity contribution in [1.82, 2.24) is 4.90 Å². The molecule has 17 heavy (non-hydrogen) atoms. The molecule has 0 aromatic heterocycles. The normalized spacial score (nSPS) is 27.8. The topological polar surface area (TPSA) is 3.24 Å². The first-order valence-corrected chi connectivity index (χ1v) is 8.23. The fourth-order valence-corrected chi connectivity index (χ4v) is 4.13. The molecule has 0 spiro atoms. The molecule has 2 bridgehead atoms. The lowest BCUT2D eigenvalue weighted by atomic mass is 9.84. The summed E-state index contributed by atoms with van der Waals surface area (Å²) in [5.41, 5.74) is 0. The Morgan fingerprint density at radius 2 is 1.71 bits per heavy atom. The average Bonchev–Trinajstić information content (AvgIpc) is 2.61. The van der Waals surface area contributed by atoms with Crippen molar-refractivity contribution in [2.75, 3.05) is 18.8 Å². The Kier molecular flexibility index (Phi) is 5.47. The third kappa shape index (κ3) is 4.30. The van der Waals surface area contributed by atoms with Gasteiger partial charge in [-0.2, -0.15) is 0 Å². The number of thiocarbonyl (C=S) groups is 1. The van der Waals surface area contributed by atoms with Crippen molar-refractivity contribution in [2.45, 2.75) is 25.7 Å². The fourth-order valence-electron chi connectivity index (χ4n) is 2.71. The second-order valence-corrected chi connectivity index (χ2v) is 7.52. The van der Waals surface area contributed by atoms with E-state index in [9.17, 15) is 0 Å². The molecular weight excluding hydrogens is 293 g/mol. The van der Waals surface area contributed by atoms with Gasteiger partial charge in [-0.1, -0.05) is 47.2 Å². The van der Waals surface area contributed by atoms with Crippen LogP contribution in [0.3, 0.4) is 0 Å². The highest BCUT2D eigenvalue weighted by atomic mass is 35.5. The molecule has 96 valence electrons. The Balaban J connectivity index is 1.85. The lowest BCUT2D eigenvalue weighted by Gasteiger charge is -2.24. The minimum absolute atomic E-state index is 0.330. The number of nitrogens with zero attached hydrogens (tertiary/aromatic N) is 1. The van der Waals surface area contributed by atoms with Crippen LogP contribution in [-0.2, 0) is 0 Å². The maximum Gasteiger partial charge on any atom is 0.136 e. The standard InChI is InChI=1S/C12H17Cl2NS2/c13-11(14)5-6-17-12(16)15-7-9-1-2-10(8-15)4-3-9/h5,9-10H,1-4,6-8H2. The summed E-state index contributed by atoms with van der Waals surface area (Å²) in [5.74, 6) is 2.49. The molecule has 2 aliphatic heterocycles. The van der Waals surface area contributed by atoms with Gasteiger partial charge in [-0.05, 0) is 43.6 Å². The van der Waals surface area contributed by atoms with Crippen molar-refractivity contribution in [1.29, 1.82) is 0 Å².